The third-order valence-electron chi connectivity index (χ3n) is 3.93. The van der Waals surface area contributed by atoms with Gasteiger partial charge in [-0.15, -0.1) is 0 Å². The molecule has 1 N–H and O–H groups in total. The zero-order chi connectivity index (χ0) is 15.5. The van der Waals surface area contributed by atoms with Crippen LogP contribution < -0.4 is 10.3 Å². The van der Waals surface area contributed by atoms with Crippen molar-refractivity contribution in [2.24, 2.45) is 0 Å². The molecule has 4 nitrogen and oxygen atoms in total. The molecular formula is C17H28N2O2. The van der Waals surface area contributed by atoms with Crippen LogP contribution in [0.15, 0.2) is 18.2 Å². The summed E-state index contributed by atoms with van der Waals surface area (Å²) < 4.78 is 0. The molecule has 1 saturated heterocycles. The average molecular weight is 292 g/mol. The molecule has 4 heteroatoms. The van der Waals surface area contributed by atoms with Gasteiger partial charge in [0.2, 0.25) is 0 Å². The SMILES string of the molecule is Cc1c(ONCCN2CCC(C)(C)O2)cccc1C(C)C. The van der Waals surface area contributed by atoms with E-state index in [2.05, 4.69) is 46.2 Å². The van der Waals surface area contributed by atoms with E-state index in [1.54, 1.807) is 0 Å². The van der Waals surface area contributed by atoms with E-state index in [1.807, 2.05) is 17.2 Å². The van der Waals surface area contributed by atoms with Crippen LogP contribution in [0.2, 0.25) is 0 Å². The van der Waals surface area contributed by atoms with Gasteiger partial charge >= 0.3 is 0 Å². The van der Waals surface area contributed by atoms with E-state index >= 15 is 0 Å². The largest absolute Gasteiger partial charge is 0.408 e. The minimum Gasteiger partial charge on any atom is -0.408 e. The van der Waals surface area contributed by atoms with Gasteiger partial charge in [0.25, 0.3) is 0 Å². The van der Waals surface area contributed by atoms with Crippen molar-refractivity contribution < 1.29 is 9.68 Å². The van der Waals surface area contributed by atoms with Gasteiger partial charge in [-0.3, -0.25) is 4.84 Å². The Morgan fingerprint density at radius 2 is 2.14 bits per heavy atom. The predicted octanol–water partition coefficient (Wildman–Crippen LogP) is 3.42. The fourth-order valence-electron chi connectivity index (χ4n) is 2.66. The van der Waals surface area contributed by atoms with Gasteiger partial charge in [0, 0.05) is 19.6 Å². The maximum absolute atomic E-state index is 5.81. The van der Waals surface area contributed by atoms with E-state index in [4.69, 9.17) is 9.68 Å². The lowest BCUT2D eigenvalue weighted by molar-refractivity contribution is -0.180. The summed E-state index contributed by atoms with van der Waals surface area (Å²) in [5, 5.41) is 2.01. The lowest BCUT2D eigenvalue weighted by Gasteiger charge is -2.20. The molecule has 0 saturated carbocycles. The number of hydrogen-bond donors (Lipinski definition) is 1. The molecule has 0 unspecified atom stereocenters. The molecule has 2 rings (SSSR count). The van der Waals surface area contributed by atoms with Gasteiger partial charge in [0.05, 0.1) is 5.60 Å². The Kier molecular flexibility index (Phi) is 5.25. The number of rotatable bonds is 6. The van der Waals surface area contributed by atoms with Gasteiger partial charge in [-0.25, -0.2) is 0 Å². The van der Waals surface area contributed by atoms with Crippen LogP contribution >= 0.6 is 0 Å². The van der Waals surface area contributed by atoms with E-state index in [0.717, 1.165) is 31.8 Å². The summed E-state index contributed by atoms with van der Waals surface area (Å²) in [5.41, 5.74) is 5.56. The maximum Gasteiger partial charge on any atom is 0.150 e. The molecule has 0 bridgehead atoms. The summed E-state index contributed by atoms with van der Waals surface area (Å²) in [4.78, 5) is 11.5. The first-order valence-electron chi connectivity index (χ1n) is 7.82. The van der Waals surface area contributed by atoms with Crippen LogP contribution in [0, 0.1) is 6.92 Å². The van der Waals surface area contributed by atoms with Crippen molar-refractivity contribution >= 4 is 0 Å². The van der Waals surface area contributed by atoms with Crippen LogP contribution in [-0.4, -0.2) is 30.3 Å². The Morgan fingerprint density at radius 3 is 2.76 bits per heavy atom. The standard InChI is InChI=1S/C17H28N2O2/c1-13(2)15-7-6-8-16(14(15)3)20-18-10-12-19-11-9-17(4,5)21-19/h6-8,13,18H,9-12H2,1-5H3. The fraction of sp³-hybridized carbons (Fsp3) is 0.647. The first-order valence-corrected chi connectivity index (χ1v) is 7.82. The molecule has 1 aliphatic heterocycles. The van der Waals surface area contributed by atoms with Gasteiger partial charge in [-0.2, -0.15) is 10.5 Å². The predicted molar refractivity (Wildman–Crippen MR) is 85.3 cm³/mol. The average Bonchev–Trinajstić information content (AvgIpc) is 2.75. The first-order chi connectivity index (χ1) is 9.89. The van der Waals surface area contributed by atoms with E-state index in [9.17, 15) is 0 Å². The van der Waals surface area contributed by atoms with E-state index in [-0.39, 0.29) is 5.60 Å². The molecule has 0 aliphatic carbocycles. The zero-order valence-corrected chi connectivity index (χ0v) is 13.9. The number of benzene rings is 1. The van der Waals surface area contributed by atoms with Gasteiger partial charge in [-0.05, 0) is 50.3 Å². The lowest BCUT2D eigenvalue weighted by atomic mass is 9.98. The number of hydrogen-bond acceptors (Lipinski definition) is 4. The summed E-state index contributed by atoms with van der Waals surface area (Å²) in [6.07, 6.45) is 1.07. The molecule has 0 amide bonds. The molecule has 0 spiro atoms. The Bertz CT molecular complexity index is 472. The molecule has 21 heavy (non-hydrogen) atoms. The molecule has 0 atom stereocenters. The highest BCUT2D eigenvalue weighted by Gasteiger charge is 2.30. The molecular weight excluding hydrogens is 264 g/mol. The minimum absolute atomic E-state index is 0.0248. The second-order valence-electron chi connectivity index (χ2n) is 6.65. The Hall–Kier alpha value is -1.10. The number of nitrogens with zero attached hydrogens (tertiary/aromatic N) is 1. The molecule has 1 aromatic carbocycles. The van der Waals surface area contributed by atoms with Crippen LogP contribution in [0.3, 0.4) is 0 Å². The highest BCUT2D eigenvalue weighted by atomic mass is 16.7. The second kappa shape index (κ2) is 6.77. The smallest absolute Gasteiger partial charge is 0.150 e. The van der Waals surface area contributed by atoms with Gasteiger partial charge in [0.15, 0.2) is 0 Å². The Morgan fingerprint density at radius 1 is 1.38 bits per heavy atom. The van der Waals surface area contributed by atoms with Gasteiger partial charge < -0.3 is 4.84 Å². The van der Waals surface area contributed by atoms with Crippen LogP contribution in [0.25, 0.3) is 0 Å². The third kappa shape index (κ3) is 4.43. The first kappa shape index (κ1) is 16.3. The van der Waals surface area contributed by atoms with Crippen molar-refractivity contribution in [1.29, 1.82) is 0 Å². The van der Waals surface area contributed by atoms with Crippen molar-refractivity contribution in [2.45, 2.75) is 52.6 Å². The third-order valence-corrected chi connectivity index (χ3v) is 3.93. The molecule has 1 aromatic rings. The molecule has 1 fully saturated rings. The Labute approximate surface area is 128 Å². The number of nitrogens with one attached hydrogen (secondary N) is 1. The monoisotopic (exact) mass is 292 g/mol. The molecule has 1 heterocycles. The quantitative estimate of drug-likeness (QED) is 0.643. The van der Waals surface area contributed by atoms with Crippen molar-refractivity contribution in [3.8, 4) is 5.75 Å². The lowest BCUT2D eigenvalue weighted by Crippen LogP contribution is -2.32. The topological polar surface area (TPSA) is 33.7 Å². The fourth-order valence-corrected chi connectivity index (χ4v) is 2.66. The normalized spacial score (nSPS) is 18.4. The van der Waals surface area contributed by atoms with Crippen LogP contribution in [0.4, 0.5) is 0 Å². The van der Waals surface area contributed by atoms with Crippen LogP contribution in [-0.2, 0) is 4.84 Å². The minimum atomic E-state index is -0.0248. The highest BCUT2D eigenvalue weighted by molar-refractivity contribution is 5.40. The summed E-state index contributed by atoms with van der Waals surface area (Å²) in [5.74, 6) is 1.41. The van der Waals surface area contributed by atoms with Crippen molar-refractivity contribution in [3.05, 3.63) is 29.3 Å². The van der Waals surface area contributed by atoms with Crippen molar-refractivity contribution in [1.82, 2.24) is 10.5 Å². The van der Waals surface area contributed by atoms with E-state index in [0.29, 0.717) is 5.92 Å². The summed E-state index contributed by atoms with van der Waals surface area (Å²) >= 11 is 0. The molecule has 1 aliphatic rings. The second-order valence-corrected chi connectivity index (χ2v) is 6.65. The summed E-state index contributed by atoms with van der Waals surface area (Å²) in [6.45, 7) is 13.3. The molecule has 0 aromatic heterocycles. The molecule has 0 radical (unpaired) electrons. The van der Waals surface area contributed by atoms with Crippen molar-refractivity contribution in [3.63, 3.8) is 0 Å². The highest BCUT2D eigenvalue weighted by Crippen LogP contribution is 2.26. The maximum atomic E-state index is 5.81. The van der Waals surface area contributed by atoms with Gasteiger partial charge in [-0.1, -0.05) is 26.0 Å². The Balaban J connectivity index is 1.78. The van der Waals surface area contributed by atoms with Crippen molar-refractivity contribution in [2.75, 3.05) is 19.6 Å². The van der Waals surface area contributed by atoms with Crippen LogP contribution in [0.1, 0.15) is 51.2 Å². The summed E-state index contributed by atoms with van der Waals surface area (Å²) in [6, 6.07) is 6.21. The zero-order valence-electron chi connectivity index (χ0n) is 13.9. The number of hydroxylamine groups is 3. The van der Waals surface area contributed by atoms with Crippen LogP contribution in [0.5, 0.6) is 5.75 Å². The summed E-state index contributed by atoms with van der Waals surface area (Å²) in [7, 11) is 0. The van der Waals surface area contributed by atoms with E-state index in [1.165, 1.54) is 11.1 Å². The van der Waals surface area contributed by atoms with Gasteiger partial charge in [0.1, 0.15) is 5.75 Å². The van der Waals surface area contributed by atoms with E-state index < -0.39 is 0 Å². The molecule has 118 valence electrons.